The second kappa shape index (κ2) is 8.51. The molecule has 0 aliphatic heterocycles. The van der Waals surface area contributed by atoms with Gasteiger partial charge < -0.3 is 5.32 Å². The average Bonchev–Trinajstić information content (AvgIpc) is 3.46. The summed E-state index contributed by atoms with van der Waals surface area (Å²) in [5.41, 5.74) is 4.74. The molecular weight excluding hydrogens is 414 g/mol. The van der Waals surface area contributed by atoms with Crippen LogP contribution >= 0.6 is 0 Å². The summed E-state index contributed by atoms with van der Waals surface area (Å²) in [5.74, 6) is 0.616. The molecule has 0 atom stereocenters. The molecule has 0 spiro atoms. The number of benzene rings is 1. The number of aromatic nitrogens is 7. The smallest absolute Gasteiger partial charge is 0.164 e. The first-order valence-electron chi connectivity index (χ1n) is 10.6. The van der Waals surface area contributed by atoms with Crippen molar-refractivity contribution in [1.29, 1.82) is 5.26 Å². The second-order valence-electron chi connectivity index (χ2n) is 7.98. The van der Waals surface area contributed by atoms with Gasteiger partial charge in [-0.25, -0.2) is 14.6 Å². The normalized spacial score (nSPS) is 11.1. The monoisotopic (exact) mass is 435 g/mol. The number of nitrogens with one attached hydrogen (secondary N) is 1. The summed E-state index contributed by atoms with van der Waals surface area (Å²) in [6, 6.07) is 16.1. The molecule has 0 fully saturated rings. The first kappa shape index (κ1) is 20.3. The van der Waals surface area contributed by atoms with Gasteiger partial charge in [0.25, 0.3) is 0 Å². The first-order chi connectivity index (χ1) is 16.1. The fourth-order valence-corrected chi connectivity index (χ4v) is 3.61. The van der Waals surface area contributed by atoms with Crippen molar-refractivity contribution in [2.75, 3.05) is 5.32 Å². The van der Waals surface area contributed by atoms with Crippen LogP contribution in [-0.2, 0) is 6.54 Å². The Kier molecular flexibility index (Phi) is 5.24. The van der Waals surface area contributed by atoms with E-state index in [-0.39, 0.29) is 6.04 Å². The number of anilines is 1. The number of hydrogen-bond acceptors (Lipinski definition) is 7. The third kappa shape index (κ3) is 4.14. The van der Waals surface area contributed by atoms with Gasteiger partial charge in [-0.3, -0.25) is 0 Å². The maximum Gasteiger partial charge on any atom is 0.164 e. The minimum atomic E-state index is 0.198. The fraction of sp³-hybridized carbons (Fsp3) is 0.167. The Hall–Kier alpha value is -4.58. The molecule has 33 heavy (non-hydrogen) atoms. The summed E-state index contributed by atoms with van der Waals surface area (Å²) >= 11 is 0. The molecule has 0 saturated heterocycles. The number of nitrogens with zero attached hydrogens (tertiary/aromatic N) is 8. The largest absolute Gasteiger partial charge is 0.382 e. The lowest BCUT2D eigenvalue weighted by atomic mass is 10.1. The summed E-state index contributed by atoms with van der Waals surface area (Å²) in [4.78, 5) is 9.02. The van der Waals surface area contributed by atoms with E-state index in [4.69, 9.17) is 5.26 Å². The highest BCUT2D eigenvalue weighted by Crippen LogP contribution is 2.29. The average molecular weight is 435 g/mol. The van der Waals surface area contributed by atoms with E-state index in [1.165, 1.54) is 6.20 Å². The van der Waals surface area contributed by atoms with E-state index in [0.717, 1.165) is 27.9 Å². The van der Waals surface area contributed by atoms with Crippen LogP contribution in [-0.4, -0.2) is 40.8 Å². The fourth-order valence-electron chi connectivity index (χ4n) is 3.61. The first-order valence-corrected chi connectivity index (χ1v) is 10.6. The Morgan fingerprint density at radius 1 is 1.06 bits per heavy atom. The molecule has 0 aliphatic rings. The summed E-state index contributed by atoms with van der Waals surface area (Å²) in [6.07, 6.45) is 6.91. The Balaban J connectivity index is 1.52. The predicted octanol–water partition coefficient (Wildman–Crippen LogP) is 3.81. The Morgan fingerprint density at radius 3 is 2.70 bits per heavy atom. The summed E-state index contributed by atoms with van der Waals surface area (Å²) < 4.78 is 3.48. The molecule has 0 saturated carbocycles. The van der Waals surface area contributed by atoms with E-state index < -0.39 is 0 Å². The maximum atomic E-state index is 9.11. The van der Waals surface area contributed by atoms with Crippen molar-refractivity contribution in [3.05, 3.63) is 78.4 Å². The number of nitriles is 1. The van der Waals surface area contributed by atoms with Crippen LogP contribution in [0, 0.1) is 11.3 Å². The Bertz CT molecular complexity index is 1460. The Labute approximate surface area is 190 Å². The molecule has 0 bridgehead atoms. The molecule has 0 aliphatic carbocycles. The van der Waals surface area contributed by atoms with E-state index in [9.17, 15) is 0 Å². The molecule has 5 aromatic rings. The van der Waals surface area contributed by atoms with Gasteiger partial charge in [-0.15, -0.1) is 5.10 Å². The van der Waals surface area contributed by atoms with Gasteiger partial charge in [0.2, 0.25) is 0 Å². The summed E-state index contributed by atoms with van der Waals surface area (Å²) in [6.45, 7) is 4.79. The topological polar surface area (TPSA) is 110 Å². The van der Waals surface area contributed by atoms with Crippen LogP contribution in [0.15, 0.2) is 67.3 Å². The number of rotatable bonds is 6. The number of pyridine rings is 2. The number of hydrogen-bond donors (Lipinski definition) is 1. The van der Waals surface area contributed by atoms with Crippen molar-refractivity contribution < 1.29 is 0 Å². The molecule has 1 aromatic carbocycles. The van der Waals surface area contributed by atoms with Crippen LogP contribution in [0.3, 0.4) is 0 Å². The molecule has 0 radical (unpaired) electrons. The highest BCUT2D eigenvalue weighted by Gasteiger charge is 2.15. The zero-order valence-electron chi connectivity index (χ0n) is 18.2. The molecular formula is C24H21N9. The highest BCUT2D eigenvalue weighted by molar-refractivity contribution is 5.79. The third-order valence-electron chi connectivity index (χ3n) is 5.09. The van der Waals surface area contributed by atoms with Crippen LogP contribution in [0.1, 0.15) is 25.0 Å². The second-order valence-corrected chi connectivity index (χ2v) is 7.98. The Morgan fingerprint density at radius 2 is 1.91 bits per heavy atom. The minimum Gasteiger partial charge on any atom is -0.382 e. The van der Waals surface area contributed by atoms with Crippen molar-refractivity contribution >= 4 is 16.7 Å². The molecule has 0 unspecified atom stereocenters. The van der Waals surface area contributed by atoms with Crippen LogP contribution in [0.25, 0.3) is 28.1 Å². The van der Waals surface area contributed by atoms with Gasteiger partial charge in [0.15, 0.2) is 11.5 Å². The molecule has 0 amide bonds. The van der Waals surface area contributed by atoms with Crippen LogP contribution in [0.4, 0.5) is 5.69 Å². The lowest BCUT2D eigenvalue weighted by molar-refractivity contribution is 0.650. The molecule has 4 heterocycles. The predicted molar refractivity (Wildman–Crippen MR) is 125 cm³/mol. The zero-order chi connectivity index (χ0) is 22.8. The van der Waals surface area contributed by atoms with Crippen molar-refractivity contribution in [3.8, 4) is 23.1 Å². The van der Waals surface area contributed by atoms with E-state index in [1.807, 2.05) is 35.1 Å². The van der Waals surface area contributed by atoms with Gasteiger partial charge in [0, 0.05) is 41.1 Å². The van der Waals surface area contributed by atoms with Crippen LogP contribution in [0.5, 0.6) is 0 Å². The standard InChI is InChI=1S/C24H21N9/c1-16(2)29-21-9-23(33-24-19(12-28-33)8-18(10-25)11-27-24)26-13-20(21)22-15-32(31-30-22)14-17-6-4-3-5-7-17/h3-9,11-13,15-16H,14H2,1-2H3,(H,26,29). The highest BCUT2D eigenvalue weighted by atomic mass is 15.4. The summed E-state index contributed by atoms with van der Waals surface area (Å²) in [5, 5.41) is 26.5. The van der Waals surface area contributed by atoms with Crippen LogP contribution < -0.4 is 5.32 Å². The number of fused-ring (bicyclic) bond motifs is 1. The van der Waals surface area contributed by atoms with Gasteiger partial charge >= 0.3 is 0 Å². The van der Waals surface area contributed by atoms with Gasteiger partial charge in [-0.2, -0.15) is 15.0 Å². The van der Waals surface area contributed by atoms with E-state index in [2.05, 4.69) is 62.7 Å². The SMILES string of the molecule is CC(C)Nc1cc(-n2ncc3cc(C#N)cnc32)ncc1-c1cn(Cc2ccccc2)nn1. The minimum absolute atomic E-state index is 0.198. The van der Waals surface area contributed by atoms with Crippen molar-refractivity contribution in [2.45, 2.75) is 26.4 Å². The van der Waals surface area contributed by atoms with E-state index in [0.29, 0.717) is 23.6 Å². The molecule has 162 valence electrons. The van der Waals surface area contributed by atoms with Gasteiger partial charge in [-0.1, -0.05) is 35.5 Å². The summed E-state index contributed by atoms with van der Waals surface area (Å²) in [7, 11) is 0. The zero-order valence-corrected chi connectivity index (χ0v) is 18.2. The van der Waals surface area contributed by atoms with Crippen molar-refractivity contribution in [3.63, 3.8) is 0 Å². The quantitative estimate of drug-likeness (QED) is 0.432. The van der Waals surface area contributed by atoms with Gasteiger partial charge in [0.1, 0.15) is 11.8 Å². The van der Waals surface area contributed by atoms with Gasteiger partial charge in [0.05, 0.1) is 24.5 Å². The lowest BCUT2D eigenvalue weighted by Crippen LogP contribution is -2.12. The van der Waals surface area contributed by atoms with Crippen LogP contribution in [0.2, 0.25) is 0 Å². The van der Waals surface area contributed by atoms with E-state index in [1.54, 1.807) is 23.1 Å². The van der Waals surface area contributed by atoms with Gasteiger partial charge in [-0.05, 0) is 25.5 Å². The molecule has 5 rings (SSSR count). The van der Waals surface area contributed by atoms with Crippen molar-refractivity contribution in [1.82, 2.24) is 34.7 Å². The molecule has 1 N–H and O–H groups in total. The third-order valence-corrected chi connectivity index (χ3v) is 5.09. The molecule has 9 heteroatoms. The van der Waals surface area contributed by atoms with Crippen molar-refractivity contribution in [2.24, 2.45) is 0 Å². The molecule has 9 nitrogen and oxygen atoms in total. The lowest BCUT2D eigenvalue weighted by Gasteiger charge is -2.14. The van der Waals surface area contributed by atoms with E-state index >= 15 is 0 Å². The maximum absolute atomic E-state index is 9.11. The molecule has 4 aromatic heterocycles.